The van der Waals surface area contributed by atoms with Crippen LogP contribution in [0.15, 0.2) is 18.2 Å². The van der Waals surface area contributed by atoms with Crippen LogP contribution in [0, 0.1) is 0 Å². The number of anilines is 1. The van der Waals surface area contributed by atoms with Gasteiger partial charge in [-0.3, -0.25) is 9.59 Å². The first-order valence-electron chi connectivity index (χ1n) is 5.59. The molecule has 0 aromatic heterocycles. The molecule has 18 heavy (non-hydrogen) atoms. The highest BCUT2D eigenvalue weighted by Gasteiger charge is 2.10. The number of benzene rings is 1. The van der Waals surface area contributed by atoms with E-state index in [1.165, 1.54) is 13.8 Å². The highest BCUT2D eigenvalue weighted by Crippen LogP contribution is 2.23. The second-order valence-electron chi connectivity index (χ2n) is 3.79. The quantitative estimate of drug-likeness (QED) is 0.619. The number of methoxy groups -OCH3 is 1. The van der Waals surface area contributed by atoms with Gasteiger partial charge >= 0.3 is 0 Å². The lowest BCUT2D eigenvalue weighted by Crippen LogP contribution is -2.09. The number of nitrogens with one attached hydrogen (secondary N) is 1. The smallest absolute Gasteiger partial charge is 0.221 e. The van der Waals surface area contributed by atoms with Crippen LogP contribution >= 0.6 is 0 Å². The predicted molar refractivity (Wildman–Crippen MR) is 68.1 cm³/mol. The monoisotopic (exact) mass is 251 g/mol. The Labute approximate surface area is 106 Å². The Kier molecular flexibility index (Phi) is 5.32. The zero-order chi connectivity index (χ0) is 13.5. The second-order valence-corrected chi connectivity index (χ2v) is 3.79. The third kappa shape index (κ3) is 4.18. The van der Waals surface area contributed by atoms with E-state index in [9.17, 15) is 9.59 Å². The number of hydrogen-bond acceptors (Lipinski definition) is 4. The van der Waals surface area contributed by atoms with Gasteiger partial charge in [-0.2, -0.15) is 0 Å². The van der Waals surface area contributed by atoms with Crippen LogP contribution < -0.4 is 10.1 Å². The highest BCUT2D eigenvalue weighted by atomic mass is 16.5. The molecule has 1 rings (SSSR count). The fourth-order valence-corrected chi connectivity index (χ4v) is 1.45. The average molecular weight is 251 g/mol. The van der Waals surface area contributed by atoms with Gasteiger partial charge in [-0.25, -0.2) is 0 Å². The Bertz CT molecular complexity index is 443. The molecule has 98 valence electrons. The summed E-state index contributed by atoms with van der Waals surface area (Å²) in [6, 6.07) is 4.96. The molecule has 0 aliphatic rings. The van der Waals surface area contributed by atoms with Crippen molar-refractivity contribution in [1.82, 2.24) is 0 Å². The van der Waals surface area contributed by atoms with E-state index in [-0.39, 0.29) is 11.7 Å². The van der Waals surface area contributed by atoms with Gasteiger partial charge in [-0.05, 0) is 25.1 Å². The van der Waals surface area contributed by atoms with Crippen molar-refractivity contribution in [2.45, 2.75) is 13.8 Å². The number of rotatable bonds is 6. The van der Waals surface area contributed by atoms with Gasteiger partial charge in [0.05, 0.1) is 12.2 Å². The van der Waals surface area contributed by atoms with Crippen molar-refractivity contribution in [3.63, 3.8) is 0 Å². The van der Waals surface area contributed by atoms with Gasteiger partial charge in [-0.15, -0.1) is 0 Å². The Morgan fingerprint density at radius 3 is 2.50 bits per heavy atom. The molecule has 0 bridgehead atoms. The molecule has 0 heterocycles. The van der Waals surface area contributed by atoms with E-state index >= 15 is 0 Å². The zero-order valence-electron chi connectivity index (χ0n) is 10.8. The van der Waals surface area contributed by atoms with Crippen LogP contribution in [0.4, 0.5) is 5.69 Å². The van der Waals surface area contributed by atoms with Gasteiger partial charge in [0.15, 0.2) is 5.78 Å². The summed E-state index contributed by atoms with van der Waals surface area (Å²) in [5.41, 5.74) is 1.02. The van der Waals surface area contributed by atoms with Crippen LogP contribution in [0.25, 0.3) is 0 Å². The first kappa shape index (κ1) is 14.2. The summed E-state index contributed by atoms with van der Waals surface area (Å²) < 4.78 is 10.3. The van der Waals surface area contributed by atoms with Crippen molar-refractivity contribution < 1.29 is 19.1 Å². The van der Waals surface area contributed by atoms with Gasteiger partial charge in [0.25, 0.3) is 0 Å². The van der Waals surface area contributed by atoms with Crippen molar-refractivity contribution in [1.29, 1.82) is 0 Å². The molecule has 1 aromatic carbocycles. The molecular formula is C13H17NO4. The molecule has 1 amide bonds. The number of amides is 1. The van der Waals surface area contributed by atoms with Crippen molar-refractivity contribution in [2.75, 3.05) is 25.6 Å². The van der Waals surface area contributed by atoms with Crippen molar-refractivity contribution in [2.24, 2.45) is 0 Å². The van der Waals surface area contributed by atoms with Crippen LogP contribution in [0.1, 0.15) is 24.2 Å². The molecule has 5 heteroatoms. The number of carbonyl (C=O) groups is 2. The molecule has 0 atom stereocenters. The Hall–Kier alpha value is -1.88. The first-order valence-corrected chi connectivity index (χ1v) is 5.59. The summed E-state index contributed by atoms with van der Waals surface area (Å²) in [6.07, 6.45) is 0. The predicted octanol–water partition coefficient (Wildman–Crippen LogP) is 1.87. The number of carbonyl (C=O) groups excluding carboxylic acids is 2. The molecule has 0 fully saturated rings. The SMILES string of the molecule is COCCOc1ccc(NC(C)=O)cc1C(C)=O. The van der Waals surface area contributed by atoms with E-state index in [0.29, 0.717) is 30.2 Å². The van der Waals surface area contributed by atoms with E-state index in [0.717, 1.165) is 0 Å². The fraction of sp³-hybridized carbons (Fsp3) is 0.385. The minimum Gasteiger partial charge on any atom is -0.490 e. The fourth-order valence-electron chi connectivity index (χ4n) is 1.45. The van der Waals surface area contributed by atoms with Crippen LogP contribution in [0.2, 0.25) is 0 Å². The average Bonchev–Trinajstić information content (AvgIpc) is 2.30. The normalized spacial score (nSPS) is 9.94. The van der Waals surface area contributed by atoms with Crippen LogP contribution in [0.5, 0.6) is 5.75 Å². The maximum absolute atomic E-state index is 11.5. The third-order valence-electron chi connectivity index (χ3n) is 2.22. The van der Waals surface area contributed by atoms with Gasteiger partial charge in [0.1, 0.15) is 12.4 Å². The molecular weight excluding hydrogens is 234 g/mol. The van der Waals surface area contributed by atoms with Crippen molar-refractivity contribution in [3.8, 4) is 5.75 Å². The van der Waals surface area contributed by atoms with E-state index < -0.39 is 0 Å². The molecule has 0 aliphatic carbocycles. The second kappa shape index (κ2) is 6.76. The molecule has 0 aliphatic heterocycles. The van der Waals surface area contributed by atoms with Gasteiger partial charge in [0, 0.05) is 19.7 Å². The maximum atomic E-state index is 11.5. The largest absolute Gasteiger partial charge is 0.490 e. The van der Waals surface area contributed by atoms with E-state index in [1.807, 2.05) is 0 Å². The summed E-state index contributed by atoms with van der Waals surface area (Å²) in [5, 5.41) is 2.62. The van der Waals surface area contributed by atoms with E-state index in [1.54, 1.807) is 25.3 Å². The number of hydrogen-bond donors (Lipinski definition) is 1. The molecule has 5 nitrogen and oxygen atoms in total. The molecule has 0 saturated carbocycles. The maximum Gasteiger partial charge on any atom is 0.221 e. The highest BCUT2D eigenvalue weighted by molar-refractivity contribution is 5.99. The van der Waals surface area contributed by atoms with Gasteiger partial charge in [-0.1, -0.05) is 0 Å². The van der Waals surface area contributed by atoms with Gasteiger partial charge < -0.3 is 14.8 Å². The molecule has 0 unspecified atom stereocenters. The Morgan fingerprint density at radius 2 is 1.94 bits per heavy atom. The van der Waals surface area contributed by atoms with Crippen LogP contribution in [-0.2, 0) is 9.53 Å². The van der Waals surface area contributed by atoms with Gasteiger partial charge in [0.2, 0.25) is 5.91 Å². The van der Waals surface area contributed by atoms with Crippen LogP contribution in [-0.4, -0.2) is 32.0 Å². The number of ether oxygens (including phenoxy) is 2. The summed E-state index contributed by atoms with van der Waals surface area (Å²) in [6.45, 7) is 3.69. The van der Waals surface area contributed by atoms with Crippen LogP contribution in [0.3, 0.4) is 0 Å². The first-order chi connectivity index (χ1) is 8.54. The minimum atomic E-state index is -0.183. The molecule has 1 N–H and O–H groups in total. The summed E-state index contributed by atoms with van der Waals surface area (Å²) >= 11 is 0. The zero-order valence-corrected chi connectivity index (χ0v) is 10.8. The third-order valence-corrected chi connectivity index (χ3v) is 2.22. The van der Waals surface area contributed by atoms with Crippen molar-refractivity contribution >= 4 is 17.4 Å². The lowest BCUT2D eigenvalue weighted by Gasteiger charge is -2.11. The summed E-state index contributed by atoms with van der Waals surface area (Å²) in [4.78, 5) is 22.5. The molecule has 0 saturated heterocycles. The molecule has 0 radical (unpaired) electrons. The number of ketones is 1. The summed E-state index contributed by atoms with van der Waals surface area (Å²) in [7, 11) is 1.58. The number of Topliss-reactive ketones (excluding diaryl/α,β-unsaturated/α-hetero) is 1. The lowest BCUT2D eigenvalue weighted by atomic mass is 10.1. The van der Waals surface area contributed by atoms with E-state index in [2.05, 4.69) is 5.32 Å². The lowest BCUT2D eigenvalue weighted by molar-refractivity contribution is -0.114. The van der Waals surface area contributed by atoms with Crippen molar-refractivity contribution in [3.05, 3.63) is 23.8 Å². The Balaban J connectivity index is 2.90. The topological polar surface area (TPSA) is 64.6 Å². The molecule has 0 spiro atoms. The standard InChI is InChI=1S/C13H17NO4/c1-9(15)12-8-11(14-10(2)16)4-5-13(12)18-7-6-17-3/h4-5,8H,6-7H2,1-3H3,(H,14,16). The van der Waals surface area contributed by atoms with E-state index in [4.69, 9.17) is 9.47 Å². The Morgan fingerprint density at radius 1 is 1.22 bits per heavy atom. The minimum absolute atomic E-state index is 0.116. The molecule has 1 aromatic rings. The summed E-state index contributed by atoms with van der Waals surface area (Å²) in [5.74, 6) is 0.195.